The molecule has 4 nitrogen and oxygen atoms in total. The molecule has 0 amide bonds. The van der Waals surface area contributed by atoms with E-state index in [4.69, 9.17) is 19.7 Å². The van der Waals surface area contributed by atoms with E-state index >= 15 is 0 Å². The summed E-state index contributed by atoms with van der Waals surface area (Å²) in [5.74, 6) is 0. The van der Waals surface area contributed by atoms with Gasteiger partial charge in [-0.25, -0.2) is 0 Å². The molecule has 128 valence electrons. The molecule has 0 spiro atoms. The highest BCUT2D eigenvalue weighted by molar-refractivity contribution is 7.75. The number of hydrogen-bond acceptors (Lipinski definition) is 1. The molecule has 0 aliphatic rings. The molecule has 0 aromatic carbocycles. The smallest absolute Gasteiger partial charge is 0.162 e. The summed E-state index contributed by atoms with van der Waals surface area (Å²) in [4.78, 5) is 0. The SMILES string of the molecule is CC(C)(C)[N-]P(=N[Si](C)(C)C)([N-]C(C)(C)C)[N-]C(C)(C)C. The minimum Gasteiger partial charge on any atom is -0.650 e. The van der Waals surface area contributed by atoms with Crippen molar-refractivity contribution in [3.05, 3.63) is 15.3 Å². The van der Waals surface area contributed by atoms with Gasteiger partial charge in [-0.1, -0.05) is 82.0 Å². The van der Waals surface area contributed by atoms with Crippen molar-refractivity contribution in [3.63, 3.8) is 0 Å². The van der Waals surface area contributed by atoms with Gasteiger partial charge in [-0.3, -0.25) is 0 Å². The highest BCUT2D eigenvalue weighted by atomic mass is 31.2. The van der Waals surface area contributed by atoms with Gasteiger partial charge in [-0.15, -0.1) is 16.6 Å². The molecule has 21 heavy (non-hydrogen) atoms. The minimum absolute atomic E-state index is 0.194. The molecule has 0 radical (unpaired) electrons. The normalized spacial score (nSPS) is 15.2. The predicted molar refractivity (Wildman–Crippen MR) is 102 cm³/mol. The minimum atomic E-state index is -2.42. The molecule has 0 saturated carbocycles. The van der Waals surface area contributed by atoms with E-state index in [9.17, 15) is 0 Å². The summed E-state index contributed by atoms with van der Waals surface area (Å²) in [5, 5.41) is 15.1. The van der Waals surface area contributed by atoms with Crippen LogP contribution >= 0.6 is 7.51 Å². The number of rotatable bonds is 4. The first kappa shape index (κ1) is 21.3. The van der Waals surface area contributed by atoms with Crippen LogP contribution in [-0.2, 0) is 0 Å². The molecule has 0 aliphatic heterocycles. The fourth-order valence-corrected chi connectivity index (χ4v) is 8.05. The van der Waals surface area contributed by atoms with Crippen LogP contribution in [0.3, 0.4) is 0 Å². The van der Waals surface area contributed by atoms with Crippen molar-refractivity contribution in [3.8, 4) is 0 Å². The van der Waals surface area contributed by atoms with Gasteiger partial charge in [0.25, 0.3) is 0 Å². The Balaban J connectivity index is 6.02. The Bertz CT molecular complexity index is 344. The Hall–Kier alpha value is 0.327. The molecular formula is C15H36N4PSi-3. The van der Waals surface area contributed by atoms with Crippen molar-refractivity contribution in [2.24, 2.45) is 4.41 Å². The monoisotopic (exact) mass is 331 g/mol. The molecular weight excluding hydrogens is 295 g/mol. The summed E-state index contributed by atoms with van der Waals surface area (Å²) < 4.78 is 5.15. The largest absolute Gasteiger partial charge is 0.650 e. The second-order valence-corrected chi connectivity index (χ2v) is 16.4. The molecule has 0 heterocycles. The molecule has 0 aromatic rings. The lowest BCUT2D eigenvalue weighted by molar-refractivity contribution is 0.657. The number of nitrogens with zero attached hydrogens (tertiary/aromatic N) is 4. The second-order valence-electron chi connectivity index (χ2n) is 9.62. The lowest BCUT2D eigenvalue weighted by Gasteiger charge is -2.74. The van der Waals surface area contributed by atoms with Gasteiger partial charge < -0.3 is 27.2 Å². The van der Waals surface area contributed by atoms with Crippen molar-refractivity contribution in [1.82, 2.24) is 0 Å². The van der Waals surface area contributed by atoms with Gasteiger partial charge in [-0.2, -0.15) is 0 Å². The van der Waals surface area contributed by atoms with Crippen molar-refractivity contribution in [2.45, 2.75) is 98.6 Å². The Morgan fingerprint density at radius 3 is 1.00 bits per heavy atom. The Morgan fingerprint density at radius 2 is 0.857 bits per heavy atom. The highest BCUT2D eigenvalue weighted by Crippen LogP contribution is 2.73. The van der Waals surface area contributed by atoms with Crippen LogP contribution in [-0.4, -0.2) is 24.9 Å². The lowest BCUT2D eigenvalue weighted by Crippen LogP contribution is -2.23. The molecule has 0 aliphatic carbocycles. The van der Waals surface area contributed by atoms with E-state index < -0.39 is 15.7 Å². The molecule has 0 N–H and O–H groups in total. The van der Waals surface area contributed by atoms with Gasteiger partial charge in [0, 0.05) is 0 Å². The van der Waals surface area contributed by atoms with Gasteiger partial charge >= 0.3 is 0 Å². The van der Waals surface area contributed by atoms with Crippen LogP contribution in [0, 0.1) is 0 Å². The summed E-state index contributed by atoms with van der Waals surface area (Å²) in [6, 6.07) is 0. The average Bonchev–Trinajstić information content (AvgIpc) is 1.83. The molecule has 0 atom stereocenters. The molecule has 0 rings (SSSR count). The number of hydrogen-bond donors (Lipinski definition) is 0. The van der Waals surface area contributed by atoms with E-state index in [2.05, 4.69) is 82.0 Å². The Morgan fingerprint density at radius 1 is 0.619 bits per heavy atom. The predicted octanol–water partition coefficient (Wildman–Crippen LogP) is 7.28. The maximum atomic E-state index is 5.15. The zero-order valence-corrected chi connectivity index (χ0v) is 18.1. The van der Waals surface area contributed by atoms with Crippen LogP contribution < -0.4 is 0 Å². The summed E-state index contributed by atoms with van der Waals surface area (Å²) in [5.41, 5.74) is -0.582. The highest BCUT2D eigenvalue weighted by Gasteiger charge is 2.13. The third-order valence-electron chi connectivity index (χ3n) is 1.74. The van der Waals surface area contributed by atoms with Crippen molar-refractivity contribution < 1.29 is 0 Å². The Labute approximate surface area is 134 Å². The third kappa shape index (κ3) is 11.5. The molecule has 0 unspecified atom stereocenters. The van der Waals surface area contributed by atoms with Crippen molar-refractivity contribution in [1.29, 1.82) is 0 Å². The zero-order valence-electron chi connectivity index (χ0n) is 16.2. The fraction of sp³-hybridized carbons (Fsp3) is 1.00. The van der Waals surface area contributed by atoms with Crippen LogP contribution in [0.5, 0.6) is 0 Å². The van der Waals surface area contributed by atoms with Crippen LogP contribution in [0.15, 0.2) is 4.41 Å². The van der Waals surface area contributed by atoms with Gasteiger partial charge in [0.05, 0.1) is 0 Å². The van der Waals surface area contributed by atoms with E-state index in [1.165, 1.54) is 0 Å². The van der Waals surface area contributed by atoms with E-state index in [0.29, 0.717) is 0 Å². The molecule has 0 saturated heterocycles. The van der Waals surface area contributed by atoms with Crippen molar-refractivity contribution in [2.75, 3.05) is 0 Å². The molecule has 0 bridgehead atoms. The fourth-order valence-electron chi connectivity index (χ4n) is 1.74. The van der Waals surface area contributed by atoms with E-state index in [1.54, 1.807) is 0 Å². The quantitative estimate of drug-likeness (QED) is 0.384. The zero-order chi connectivity index (χ0) is 17.3. The summed E-state index contributed by atoms with van der Waals surface area (Å²) in [7, 11) is -4.12. The third-order valence-corrected chi connectivity index (χ3v) is 7.81. The topological polar surface area (TPSA) is 54.7 Å². The Kier molecular flexibility index (Phi) is 6.54. The van der Waals surface area contributed by atoms with Gasteiger partial charge in [0.15, 0.2) is 8.24 Å². The first-order valence-electron chi connectivity index (χ1n) is 7.69. The van der Waals surface area contributed by atoms with Crippen LogP contribution in [0.4, 0.5) is 0 Å². The van der Waals surface area contributed by atoms with E-state index in [-0.39, 0.29) is 16.6 Å². The van der Waals surface area contributed by atoms with Gasteiger partial charge in [0.1, 0.15) is 0 Å². The average molecular weight is 332 g/mol. The summed E-state index contributed by atoms with van der Waals surface area (Å²) >= 11 is 0. The maximum absolute atomic E-state index is 5.15. The molecule has 0 aromatic heterocycles. The van der Waals surface area contributed by atoms with Gasteiger partial charge in [-0.05, 0) is 0 Å². The lowest BCUT2D eigenvalue weighted by atomic mass is 10.1. The first-order chi connectivity index (χ1) is 8.83. The molecule has 0 fully saturated rings. The summed E-state index contributed by atoms with van der Waals surface area (Å²) in [6.07, 6.45) is 0. The first-order valence-corrected chi connectivity index (χ1v) is 12.7. The van der Waals surface area contributed by atoms with E-state index in [1.807, 2.05) is 0 Å². The van der Waals surface area contributed by atoms with Crippen LogP contribution in [0.1, 0.15) is 62.3 Å². The van der Waals surface area contributed by atoms with Crippen LogP contribution in [0.25, 0.3) is 15.3 Å². The van der Waals surface area contributed by atoms with E-state index in [0.717, 1.165) is 0 Å². The standard InChI is InChI=1S/C15H36N4PSi/c1-13(2,3)16-20(17-14(4,5)6,18-15(7,8)9)19-21(10,11)12/h1-12H3/q-3. The maximum Gasteiger partial charge on any atom is 0.162 e. The van der Waals surface area contributed by atoms with Crippen molar-refractivity contribution >= 4 is 15.7 Å². The van der Waals surface area contributed by atoms with Crippen LogP contribution in [0.2, 0.25) is 19.6 Å². The second kappa shape index (κ2) is 6.44. The summed E-state index contributed by atoms with van der Waals surface area (Å²) in [6.45, 7) is 25.7. The van der Waals surface area contributed by atoms with Gasteiger partial charge in [0.2, 0.25) is 0 Å². The molecule has 6 heteroatoms.